The van der Waals surface area contributed by atoms with Crippen LogP contribution in [0.5, 0.6) is 0 Å². The monoisotopic (exact) mass is 388 g/mol. The zero-order valence-electron chi connectivity index (χ0n) is 14.5. The van der Waals surface area contributed by atoms with Gasteiger partial charge in [-0.3, -0.25) is 4.79 Å². The summed E-state index contributed by atoms with van der Waals surface area (Å²) in [7, 11) is 0. The summed E-state index contributed by atoms with van der Waals surface area (Å²) < 4.78 is 5.39. The van der Waals surface area contributed by atoms with Crippen LogP contribution < -0.4 is 0 Å². The molecule has 6 heteroatoms. The molecule has 0 spiro atoms. The third kappa shape index (κ3) is 5.37. The SMILES string of the molecule is CC(C)(C)OC(=O)N1CCN(C(=O)C2CCC(CBr)CC2)CC1. The Hall–Kier alpha value is -0.780. The van der Waals surface area contributed by atoms with Gasteiger partial charge in [-0.1, -0.05) is 15.9 Å². The lowest BCUT2D eigenvalue weighted by molar-refractivity contribution is -0.138. The van der Waals surface area contributed by atoms with Gasteiger partial charge >= 0.3 is 6.09 Å². The highest BCUT2D eigenvalue weighted by Gasteiger charge is 2.32. The Morgan fingerprint density at radius 2 is 1.52 bits per heavy atom. The van der Waals surface area contributed by atoms with Gasteiger partial charge in [0.25, 0.3) is 0 Å². The molecule has 1 aliphatic heterocycles. The molecule has 23 heavy (non-hydrogen) atoms. The van der Waals surface area contributed by atoms with Crippen molar-refractivity contribution in [3.63, 3.8) is 0 Å². The molecule has 2 amide bonds. The number of halogens is 1. The first-order valence-corrected chi connectivity index (χ1v) is 9.75. The third-order valence-electron chi connectivity index (χ3n) is 4.66. The number of nitrogens with zero attached hydrogens (tertiary/aromatic N) is 2. The number of amides is 2. The molecule has 1 aliphatic carbocycles. The van der Waals surface area contributed by atoms with Gasteiger partial charge in [-0.2, -0.15) is 0 Å². The molecule has 2 aliphatic rings. The Labute approximate surface area is 147 Å². The molecular formula is C17H29BrN2O3. The molecule has 5 nitrogen and oxygen atoms in total. The van der Waals surface area contributed by atoms with Gasteiger partial charge in [0, 0.05) is 37.4 Å². The number of rotatable bonds is 2. The molecule has 0 aromatic rings. The first-order chi connectivity index (χ1) is 10.8. The van der Waals surface area contributed by atoms with Crippen LogP contribution in [0.2, 0.25) is 0 Å². The zero-order chi connectivity index (χ0) is 17.0. The smallest absolute Gasteiger partial charge is 0.410 e. The van der Waals surface area contributed by atoms with Gasteiger partial charge in [-0.25, -0.2) is 4.79 Å². The van der Waals surface area contributed by atoms with Crippen molar-refractivity contribution in [2.75, 3.05) is 31.5 Å². The Morgan fingerprint density at radius 1 is 1.00 bits per heavy atom. The van der Waals surface area contributed by atoms with Crippen LogP contribution in [0.1, 0.15) is 46.5 Å². The summed E-state index contributed by atoms with van der Waals surface area (Å²) in [6.45, 7) is 7.98. The van der Waals surface area contributed by atoms with Gasteiger partial charge in [0.2, 0.25) is 5.91 Å². The number of hydrogen-bond acceptors (Lipinski definition) is 3. The summed E-state index contributed by atoms with van der Waals surface area (Å²) in [5.74, 6) is 1.18. The van der Waals surface area contributed by atoms with Gasteiger partial charge in [0.15, 0.2) is 0 Å². The number of piperazine rings is 1. The minimum Gasteiger partial charge on any atom is -0.444 e. The lowest BCUT2D eigenvalue weighted by atomic mass is 9.82. The van der Waals surface area contributed by atoms with Crippen LogP contribution in [0.15, 0.2) is 0 Å². The van der Waals surface area contributed by atoms with Crippen LogP contribution in [-0.4, -0.2) is 58.9 Å². The van der Waals surface area contributed by atoms with Crippen molar-refractivity contribution in [2.24, 2.45) is 11.8 Å². The maximum atomic E-state index is 12.6. The number of ether oxygens (including phenoxy) is 1. The fourth-order valence-corrected chi connectivity index (χ4v) is 3.91. The van der Waals surface area contributed by atoms with E-state index in [1.54, 1.807) is 4.90 Å². The molecule has 1 saturated heterocycles. The number of carbonyl (C=O) groups is 2. The predicted molar refractivity (Wildman–Crippen MR) is 93.6 cm³/mol. The Balaban J connectivity index is 1.78. The van der Waals surface area contributed by atoms with E-state index in [2.05, 4.69) is 15.9 Å². The second kappa shape index (κ2) is 7.86. The lowest BCUT2D eigenvalue weighted by Gasteiger charge is -2.38. The standard InChI is InChI=1S/C17H29BrN2O3/c1-17(2,3)23-16(22)20-10-8-19(9-11-20)15(21)14-6-4-13(12-18)5-7-14/h13-14H,4-12H2,1-3H3. The van der Waals surface area contributed by atoms with Gasteiger partial charge in [-0.05, 0) is 52.4 Å². The summed E-state index contributed by atoms with van der Waals surface area (Å²) >= 11 is 3.54. The molecule has 1 heterocycles. The molecule has 0 unspecified atom stereocenters. The molecule has 1 saturated carbocycles. The first kappa shape index (κ1) is 18.6. The van der Waals surface area contributed by atoms with Crippen LogP contribution >= 0.6 is 15.9 Å². The minimum atomic E-state index is -0.474. The molecule has 0 bridgehead atoms. The van der Waals surface area contributed by atoms with Crippen LogP contribution in [0.4, 0.5) is 4.79 Å². The predicted octanol–water partition coefficient (Wildman–Crippen LogP) is 3.27. The number of carbonyl (C=O) groups excluding carboxylic acids is 2. The fourth-order valence-electron chi connectivity index (χ4n) is 3.26. The maximum Gasteiger partial charge on any atom is 0.410 e. The molecule has 0 aromatic carbocycles. The van der Waals surface area contributed by atoms with Crippen molar-refractivity contribution < 1.29 is 14.3 Å². The molecule has 2 rings (SSSR count). The largest absolute Gasteiger partial charge is 0.444 e. The van der Waals surface area contributed by atoms with Gasteiger partial charge < -0.3 is 14.5 Å². The molecule has 0 aromatic heterocycles. The molecule has 132 valence electrons. The highest BCUT2D eigenvalue weighted by molar-refractivity contribution is 9.09. The fraction of sp³-hybridized carbons (Fsp3) is 0.882. The van der Waals surface area contributed by atoms with E-state index in [0.717, 1.165) is 36.9 Å². The van der Waals surface area contributed by atoms with Crippen molar-refractivity contribution in [1.82, 2.24) is 9.80 Å². The molecule has 2 fully saturated rings. The van der Waals surface area contributed by atoms with Crippen molar-refractivity contribution in [1.29, 1.82) is 0 Å². The second-order valence-electron chi connectivity index (χ2n) is 7.66. The summed E-state index contributed by atoms with van der Waals surface area (Å²) in [6.07, 6.45) is 4.00. The van der Waals surface area contributed by atoms with Crippen LogP contribution in [-0.2, 0) is 9.53 Å². The lowest BCUT2D eigenvalue weighted by Crippen LogP contribution is -2.53. The minimum absolute atomic E-state index is 0.179. The van der Waals surface area contributed by atoms with E-state index >= 15 is 0 Å². The Morgan fingerprint density at radius 3 is 2.00 bits per heavy atom. The number of hydrogen-bond donors (Lipinski definition) is 0. The molecule has 0 radical (unpaired) electrons. The Bertz CT molecular complexity index is 420. The highest BCUT2D eigenvalue weighted by Crippen LogP contribution is 2.31. The van der Waals surface area contributed by atoms with Gasteiger partial charge in [0.1, 0.15) is 5.60 Å². The second-order valence-corrected chi connectivity index (χ2v) is 8.31. The Kier molecular flexibility index (Phi) is 6.34. The van der Waals surface area contributed by atoms with E-state index in [9.17, 15) is 9.59 Å². The van der Waals surface area contributed by atoms with E-state index in [0.29, 0.717) is 26.2 Å². The van der Waals surface area contributed by atoms with Crippen LogP contribution in [0, 0.1) is 11.8 Å². The zero-order valence-corrected chi connectivity index (χ0v) is 16.1. The maximum absolute atomic E-state index is 12.6. The van der Waals surface area contributed by atoms with Crippen molar-refractivity contribution in [3.05, 3.63) is 0 Å². The van der Waals surface area contributed by atoms with Crippen molar-refractivity contribution in [2.45, 2.75) is 52.1 Å². The molecular weight excluding hydrogens is 360 g/mol. The van der Waals surface area contributed by atoms with Crippen molar-refractivity contribution in [3.8, 4) is 0 Å². The quantitative estimate of drug-likeness (QED) is 0.682. The summed E-state index contributed by atoms with van der Waals surface area (Å²) in [5.41, 5.74) is -0.474. The van der Waals surface area contributed by atoms with E-state index in [1.807, 2.05) is 25.7 Å². The summed E-state index contributed by atoms with van der Waals surface area (Å²) in [5, 5.41) is 1.04. The normalized spacial score (nSPS) is 26.1. The molecule has 0 N–H and O–H groups in total. The van der Waals surface area contributed by atoms with Crippen molar-refractivity contribution >= 4 is 27.9 Å². The van der Waals surface area contributed by atoms with Gasteiger partial charge in [-0.15, -0.1) is 0 Å². The van der Waals surface area contributed by atoms with Crippen LogP contribution in [0.3, 0.4) is 0 Å². The average molecular weight is 389 g/mol. The first-order valence-electron chi connectivity index (χ1n) is 8.63. The van der Waals surface area contributed by atoms with E-state index < -0.39 is 5.60 Å². The number of alkyl halides is 1. The van der Waals surface area contributed by atoms with E-state index in [-0.39, 0.29) is 17.9 Å². The van der Waals surface area contributed by atoms with E-state index in [1.165, 1.54) is 0 Å². The highest BCUT2D eigenvalue weighted by atomic mass is 79.9. The molecule has 0 atom stereocenters. The van der Waals surface area contributed by atoms with Gasteiger partial charge in [0.05, 0.1) is 0 Å². The topological polar surface area (TPSA) is 49.9 Å². The average Bonchev–Trinajstić information content (AvgIpc) is 2.53. The summed E-state index contributed by atoms with van der Waals surface area (Å²) in [6, 6.07) is 0. The summed E-state index contributed by atoms with van der Waals surface area (Å²) in [4.78, 5) is 28.3. The van der Waals surface area contributed by atoms with Crippen LogP contribution in [0.25, 0.3) is 0 Å². The third-order valence-corrected chi connectivity index (χ3v) is 5.57. The van der Waals surface area contributed by atoms with E-state index in [4.69, 9.17) is 4.74 Å².